The largest absolute Gasteiger partial charge is 0.367 e. The Morgan fingerprint density at radius 2 is 1.87 bits per heavy atom. The maximum Gasteiger partial charge on any atom is 0.129 e. The number of para-hydroxylation sites is 1. The molecular formula is C19H19F2NO. The second kappa shape index (κ2) is 6.50. The Balaban J connectivity index is 0.000000753. The second-order valence-electron chi connectivity index (χ2n) is 5.23. The summed E-state index contributed by atoms with van der Waals surface area (Å²) in [7, 11) is 0. The zero-order chi connectivity index (χ0) is 16.4. The topological polar surface area (TPSA) is 25.0 Å². The molecule has 120 valence electrons. The van der Waals surface area contributed by atoms with Gasteiger partial charge in [-0.05, 0) is 36.2 Å². The summed E-state index contributed by atoms with van der Waals surface area (Å²) in [6.07, 6.45) is 0.184. The predicted molar refractivity (Wildman–Crippen MR) is 87.5 cm³/mol. The van der Waals surface area contributed by atoms with Crippen LogP contribution in [0.3, 0.4) is 0 Å². The van der Waals surface area contributed by atoms with Gasteiger partial charge in [0.15, 0.2) is 0 Å². The summed E-state index contributed by atoms with van der Waals surface area (Å²) in [4.78, 5) is 3.30. The maximum absolute atomic E-state index is 14.0. The van der Waals surface area contributed by atoms with E-state index >= 15 is 0 Å². The number of fused-ring (bicyclic) bond motifs is 3. The van der Waals surface area contributed by atoms with Crippen molar-refractivity contribution in [2.24, 2.45) is 0 Å². The molecule has 1 atom stereocenters. The van der Waals surface area contributed by atoms with Crippen LogP contribution >= 0.6 is 0 Å². The second-order valence-corrected chi connectivity index (χ2v) is 5.23. The van der Waals surface area contributed by atoms with Crippen LogP contribution in [0, 0.1) is 11.6 Å². The minimum Gasteiger partial charge on any atom is -0.367 e. The van der Waals surface area contributed by atoms with E-state index in [1.54, 1.807) is 0 Å². The molecule has 0 radical (unpaired) electrons. The Hall–Kier alpha value is -2.20. The van der Waals surface area contributed by atoms with E-state index in [2.05, 4.69) is 4.98 Å². The number of aromatic amines is 1. The third-order valence-corrected chi connectivity index (χ3v) is 3.99. The maximum atomic E-state index is 14.0. The number of halogens is 2. The highest BCUT2D eigenvalue weighted by molar-refractivity contribution is 5.85. The molecule has 1 aliphatic heterocycles. The molecule has 3 aromatic rings. The van der Waals surface area contributed by atoms with Gasteiger partial charge >= 0.3 is 0 Å². The Labute approximate surface area is 134 Å². The van der Waals surface area contributed by atoms with Crippen molar-refractivity contribution in [3.63, 3.8) is 0 Å². The molecule has 0 spiro atoms. The van der Waals surface area contributed by atoms with Crippen molar-refractivity contribution in [2.75, 3.05) is 6.61 Å². The fourth-order valence-corrected chi connectivity index (χ4v) is 3.04. The van der Waals surface area contributed by atoms with E-state index < -0.39 is 17.7 Å². The van der Waals surface area contributed by atoms with Crippen LogP contribution in [0.1, 0.15) is 36.8 Å². The highest BCUT2D eigenvalue weighted by atomic mass is 19.1. The van der Waals surface area contributed by atoms with Crippen molar-refractivity contribution in [3.05, 3.63) is 70.9 Å². The quantitative estimate of drug-likeness (QED) is 0.661. The number of hydrogen-bond acceptors (Lipinski definition) is 1. The number of benzene rings is 2. The molecule has 4 rings (SSSR count). The highest BCUT2D eigenvalue weighted by Gasteiger charge is 2.28. The number of rotatable bonds is 1. The molecule has 0 aliphatic carbocycles. The van der Waals surface area contributed by atoms with E-state index in [-0.39, 0.29) is 5.56 Å². The van der Waals surface area contributed by atoms with Crippen molar-refractivity contribution >= 4 is 10.9 Å². The first-order chi connectivity index (χ1) is 11.2. The lowest BCUT2D eigenvalue weighted by molar-refractivity contribution is 0.0651. The van der Waals surface area contributed by atoms with E-state index in [4.69, 9.17) is 4.74 Å². The van der Waals surface area contributed by atoms with E-state index in [0.717, 1.165) is 40.7 Å². The van der Waals surface area contributed by atoms with Crippen LogP contribution in [0.25, 0.3) is 10.9 Å². The third-order valence-electron chi connectivity index (χ3n) is 3.99. The smallest absolute Gasteiger partial charge is 0.129 e. The molecule has 23 heavy (non-hydrogen) atoms. The molecule has 1 aromatic heterocycles. The molecule has 1 aliphatic rings. The SMILES string of the molecule is CC.Fc1ccc(F)c(C2OCCc3c2[nH]c2ccccc32)c1. The summed E-state index contributed by atoms with van der Waals surface area (Å²) in [6, 6.07) is 11.4. The van der Waals surface area contributed by atoms with Crippen molar-refractivity contribution in [1.29, 1.82) is 0 Å². The Bertz CT molecular complexity index is 825. The van der Waals surface area contributed by atoms with Gasteiger partial charge in [-0.1, -0.05) is 32.0 Å². The number of nitrogens with one attached hydrogen (secondary N) is 1. The monoisotopic (exact) mass is 315 g/mol. The van der Waals surface area contributed by atoms with Crippen LogP contribution < -0.4 is 0 Å². The minimum atomic E-state index is -0.586. The summed E-state index contributed by atoms with van der Waals surface area (Å²) in [5.74, 6) is -0.911. The fraction of sp³-hybridized carbons (Fsp3) is 0.263. The van der Waals surface area contributed by atoms with E-state index in [1.807, 2.05) is 38.1 Å². The lowest BCUT2D eigenvalue weighted by atomic mass is 9.97. The zero-order valence-corrected chi connectivity index (χ0v) is 13.2. The van der Waals surface area contributed by atoms with Gasteiger partial charge in [0, 0.05) is 16.5 Å². The van der Waals surface area contributed by atoms with Gasteiger partial charge in [0.1, 0.15) is 17.7 Å². The van der Waals surface area contributed by atoms with Gasteiger partial charge in [-0.2, -0.15) is 0 Å². The molecular weight excluding hydrogens is 296 g/mol. The Morgan fingerprint density at radius 1 is 1.09 bits per heavy atom. The molecule has 2 heterocycles. The minimum absolute atomic E-state index is 0.238. The van der Waals surface area contributed by atoms with Crippen molar-refractivity contribution in [2.45, 2.75) is 26.4 Å². The highest BCUT2D eigenvalue weighted by Crippen LogP contribution is 2.37. The summed E-state index contributed by atoms with van der Waals surface area (Å²) < 4.78 is 33.2. The van der Waals surface area contributed by atoms with Gasteiger partial charge in [-0.3, -0.25) is 0 Å². The van der Waals surface area contributed by atoms with E-state index in [1.165, 1.54) is 6.07 Å². The summed E-state index contributed by atoms with van der Waals surface area (Å²) >= 11 is 0. The summed E-state index contributed by atoms with van der Waals surface area (Å²) in [5, 5.41) is 1.12. The first-order valence-electron chi connectivity index (χ1n) is 7.90. The zero-order valence-electron chi connectivity index (χ0n) is 13.2. The molecule has 0 amide bonds. The Kier molecular flexibility index (Phi) is 4.44. The van der Waals surface area contributed by atoms with Crippen LogP contribution in [0.15, 0.2) is 42.5 Å². The first kappa shape index (κ1) is 15.7. The number of hydrogen-bond donors (Lipinski definition) is 1. The van der Waals surface area contributed by atoms with Gasteiger partial charge < -0.3 is 9.72 Å². The summed E-state index contributed by atoms with van der Waals surface area (Å²) in [6.45, 7) is 4.50. The average Bonchev–Trinajstić information content (AvgIpc) is 2.98. The Morgan fingerprint density at radius 3 is 2.70 bits per heavy atom. The van der Waals surface area contributed by atoms with Crippen LogP contribution in [-0.4, -0.2) is 11.6 Å². The van der Waals surface area contributed by atoms with Crippen LogP contribution in [0.2, 0.25) is 0 Å². The molecule has 0 saturated heterocycles. The van der Waals surface area contributed by atoms with Gasteiger partial charge in [0.2, 0.25) is 0 Å². The van der Waals surface area contributed by atoms with Crippen LogP contribution in [0.4, 0.5) is 8.78 Å². The lowest BCUT2D eigenvalue weighted by Gasteiger charge is -2.24. The predicted octanol–water partition coefficient (Wildman–Crippen LogP) is 5.13. The van der Waals surface area contributed by atoms with Gasteiger partial charge in [-0.25, -0.2) is 8.78 Å². The molecule has 0 bridgehead atoms. The van der Waals surface area contributed by atoms with Crippen molar-refractivity contribution < 1.29 is 13.5 Å². The van der Waals surface area contributed by atoms with Gasteiger partial charge in [0.25, 0.3) is 0 Å². The number of H-pyrrole nitrogens is 1. The molecule has 0 fully saturated rings. The van der Waals surface area contributed by atoms with Gasteiger partial charge in [0.05, 0.1) is 12.3 Å². The molecule has 4 heteroatoms. The standard InChI is InChI=1S/C17H13F2NO.C2H6/c18-10-5-6-14(19)13(9-10)17-16-12(7-8-21-17)11-3-1-2-4-15(11)20-16;1-2/h1-6,9,17,20H,7-8H2;1-2H3. The lowest BCUT2D eigenvalue weighted by Crippen LogP contribution is -2.18. The number of ether oxygens (including phenoxy) is 1. The number of aromatic nitrogens is 1. The molecule has 2 aromatic carbocycles. The van der Waals surface area contributed by atoms with E-state index in [0.29, 0.717) is 6.61 Å². The molecule has 1 unspecified atom stereocenters. The molecule has 1 N–H and O–H groups in total. The molecule has 0 saturated carbocycles. The third kappa shape index (κ3) is 2.75. The fourth-order valence-electron chi connectivity index (χ4n) is 3.04. The van der Waals surface area contributed by atoms with Crippen molar-refractivity contribution in [3.8, 4) is 0 Å². The van der Waals surface area contributed by atoms with Crippen LogP contribution in [0.5, 0.6) is 0 Å². The van der Waals surface area contributed by atoms with Crippen LogP contribution in [-0.2, 0) is 11.2 Å². The molecule has 2 nitrogen and oxygen atoms in total. The average molecular weight is 315 g/mol. The van der Waals surface area contributed by atoms with Gasteiger partial charge in [-0.15, -0.1) is 0 Å². The first-order valence-corrected chi connectivity index (χ1v) is 7.90. The van der Waals surface area contributed by atoms with Crippen molar-refractivity contribution in [1.82, 2.24) is 4.98 Å². The summed E-state index contributed by atoms with van der Waals surface area (Å²) in [5.41, 5.74) is 3.19. The normalized spacial score (nSPS) is 16.6. The van der Waals surface area contributed by atoms with E-state index in [9.17, 15) is 8.78 Å².